The Balaban J connectivity index is 2.01. The smallest absolute Gasteiger partial charge is 0.155 e. The predicted octanol–water partition coefficient (Wildman–Crippen LogP) is 2.65. The van der Waals surface area contributed by atoms with E-state index in [1.54, 1.807) is 0 Å². The van der Waals surface area contributed by atoms with Gasteiger partial charge in [-0.05, 0) is 50.2 Å². The molecule has 0 amide bonds. The summed E-state index contributed by atoms with van der Waals surface area (Å²) in [5.74, 6) is 1.28. The quantitative estimate of drug-likeness (QED) is 0.500. The summed E-state index contributed by atoms with van der Waals surface area (Å²) in [5.41, 5.74) is 2.36. The zero-order valence-corrected chi connectivity index (χ0v) is 9.95. The fourth-order valence-corrected chi connectivity index (χ4v) is 3.46. The number of ketones is 1. The van der Waals surface area contributed by atoms with Crippen molar-refractivity contribution in [3.63, 3.8) is 0 Å². The van der Waals surface area contributed by atoms with E-state index >= 15 is 0 Å². The molecule has 0 radical (unpaired) electrons. The maximum atomic E-state index is 11.5. The van der Waals surface area contributed by atoms with E-state index in [1.807, 2.05) is 6.08 Å². The molecule has 0 aromatic rings. The lowest BCUT2D eigenvalue weighted by Crippen LogP contribution is -2.36. The van der Waals surface area contributed by atoms with Gasteiger partial charge in [-0.1, -0.05) is 12.2 Å². The number of rotatable bonds is 1. The molecular formula is C14H18O2. The first-order valence-corrected chi connectivity index (χ1v) is 6.10. The van der Waals surface area contributed by atoms with Crippen LogP contribution in [0.25, 0.3) is 0 Å². The van der Waals surface area contributed by atoms with Gasteiger partial charge in [0.25, 0.3) is 0 Å². The Morgan fingerprint density at radius 3 is 3.06 bits per heavy atom. The summed E-state index contributed by atoms with van der Waals surface area (Å²) in [5, 5.41) is 0. The average molecular weight is 218 g/mol. The van der Waals surface area contributed by atoms with Crippen LogP contribution in [-0.2, 0) is 9.53 Å². The lowest BCUT2D eigenvalue weighted by molar-refractivity contribution is -0.115. The monoisotopic (exact) mass is 218 g/mol. The minimum atomic E-state index is -0.118. The van der Waals surface area contributed by atoms with Gasteiger partial charge in [0.15, 0.2) is 5.78 Å². The molecule has 0 aromatic heterocycles. The summed E-state index contributed by atoms with van der Waals surface area (Å²) in [6.45, 7) is 8.33. The molecule has 3 aliphatic rings. The Kier molecular flexibility index (Phi) is 1.97. The minimum absolute atomic E-state index is 0.118. The van der Waals surface area contributed by atoms with E-state index < -0.39 is 0 Å². The normalized spacial score (nSPS) is 45.5. The van der Waals surface area contributed by atoms with Crippen molar-refractivity contribution in [3.8, 4) is 0 Å². The van der Waals surface area contributed by atoms with Gasteiger partial charge >= 0.3 is 0 Å². The van der Waals surface area contributed by atoms with Crippen LogP contribution in [0.15, 0.2) is 23.8 Å². The largest absolute Gasteiger partial charge is 0.362 e. The second-order valence-electron chi connectivity index (χ2n) is 5.61. The van der Waals surface area contributed by atoms with Gasteiger partial charge < -0.3 is 4.74 Å². The van der Waals surface area contributed by atoms with Gasteiger partial charge in [0, 0.05) is 6.42 Å². The topological polar surface area (TPSA) is 29.6 Å². The molecule has 2 nitrogen and oxygen atoms in total. The Hall–Kier alpha value is -0.890. The Morgan fingerprint density at radius 1 is 1.62 bits per heavy atom. The van der Waals surface area contributed by atoms with Crippen LogP contribution in [0, 0.1) is 11.8 Å². The molecule has 86 valence electrons. The van der Waals surface area contributed by atoms with Crippen LogP contribution < -0.4 is 0 Å². The first-order valence-electron chi connectivity index (χ1n) is 6.10. The highest BCUT2D eigenvalue weighted by molar-refractivity contribution is 5.92. The molecule has 16 heavy (non-hydrogen) atoms. The Labute approximate surface area is 96.4 Å². The van der Waals surface area contributed by atoms with E-state index in [0.29, 0.717) is 24.4 Å². The summed E-state index contributed by atoms with van der Waals surface area (Å²) in [7, 11) is 0. The molecule has 4 atom stereocenters. The number of fused-ring (bicyclic) bond motifs is 3. The third-order valence-electron chi connectivity index (χ3n) is 4.52. The maximum absolute atomic E-state index is 11.5. The summed E-state index contributed by atoms with van der Waals surface area (Å²) < 4.78 is 5.80. The van der Waals surface area contributed by atoms with E-state index in [2.05, 4.69) is 20.4 Å². The van der Waals surface area contributed by atoms with Crippen molar-refractivity contribution in [2.45, 2.75) is 44.8 Å². The van der Waals surface area contributed by atoms with Gasteiger partial charge in [-0.25, -0.2) is 0 Å². The maximum Gasteiger partial charge on any atom is 0.155 e. The van der Waals surface area contributed by atoms with Crippen LogP contribution in [0.3, 0.4) is 0 Å². The minimum Gasteiger partial charge on any atom is -0.362 e. The van der Waals surface area contributed by atoms with Crippen LogP contribution in [-0.4, -0.2) is 17.5 Å². The molecule has 1 saturated heterocycles. The number of epoxide rings is 1. The van der Waals surface area contributed by atoms with Crippen molar-refractivity contribution in [2.24, 2.45) is 11.8 Å². The van der Waals surface area contributed by atoms with Crippen LogP contribution in [0.2, 0.25) is 0 Å². The Morgan fingerprint density at radius 2 is 2.38 bits per heavy atom. The third kappa shape index (κ3) is 1.26. The molecule has 1 aliphatic heterocycles. The average Bonchev–Trinajstić information content (AvgIpc) is 2.89. The molecule has 1 saturated carbocycles. The highest BCUT2D eigenvalue weighted by Gasteiger charge is 2.62. The SMILES string of the molecule is C=C(C)[C@@H]1C[C@H]2O[C@@]2(C)C2=CC(=O)CC[C@H]21. The summed E-state index contributed by atoms with van der Waals surface area (Å²) >= 11 is 0. The zero-order valence-electron chi connectivity index (χ0n) is 9.95. The molecule has 0 N–H and O–H groups in total. The van der Waals surface area contributed by atoms with Gasteiger partial charge in [0.2, 0.25) is 0 Å². The van der Waals surface area contributed by atoms with Gasteiger partial charge in [0.05, 0.1) is 6.10 Å². The van der Waals surface area contributed by atoms with Gasteiger partial charge in [-0.15, -0.1) is 0 Å². The number of hydrogen-bond acceptors (Lipinski definition) is 2. The van der Waals surface area contributed by atoms with Gasteiger partial charge in [-0.3, -0.25) is 4.79 Å². The van der Waals surface area contributed by atoms with Crippen molar-refractivity contribution >= 4 is 5.78 Å². The van der Waals surface area contributed by atoms with Crippen LogP contribution in [0.1, 0.15) is 33.1 Å². The van der Waals surface area contributed by atoms with E-state index in [-0.39, 0.29) is 11.4 Å². The summed E-state index contributed by atoms with van der Waals surface area (Å²) in [4.78, 5) is 11.5. The molecular weight excluding hydrogens is 200 g/mol. The Bertz CT molecular complexity index is 407. The van der Waals surface area contributed by atoms with Gasteiger partial charge in [0.1, 0.15) is 5.60 Å². The fraction of sp³-hybridized carbons (Fsp3) is 0.643. The number of carbonyl (C=O) groups is 1. The van der Waals surface area contributed by atoms with E-state index in [0.717, 1.165) is 12.8 Å². The first kappa shape index (κ1) is 10.3. The molecule has 0 aromatic carbocycles. The number of allylic oxidation sites excluding steroid dienone is 2. The van der Waals surface area contributed by atoms with E-state index in [9.17, 15) is 4.79 Å². The second kappa shape index (κ2) is 3.07. The highest BCUT2D eigenvalue weighted by atomic mass is 16.6. The van der Waals surface area contributed by atoms with Gasteiger partial charge in [-0.2, -0.15) is 0 Å². The molecule has 1 heterocycles. The van der Waals surface area contributed by atoms with Crippen molar-refractivity contribution in [1.82, 2.24) is 0 Å². The molecule has 2 fully saturated rings. The molecule has 2 heteroatoms. The van der Waals surface area contributed by atoms with Crippen LogP contribution in [0.4, 0.5) is 0 Å². The lowest BCUT2D eigenvalue weighted by Gasteiger charge is -2.37. The lowest BCUT2D eigenvalue weighted by atomic mass is 9.65. The number of ether oxygens (including phenoxy) is 1. The second-order valence-corrected chi connectivity index (χ2v) is 5.61. The fourth-order valence-electron chi connectivity index (χ4n) is 3.46. The first-order chi connectivity index (χ1) is 7.52. The molecule has 2 aliphatic carbocycles. The van der Waals surface area contributed by atoms with Crippen molar-refractivity contribution in [2.75, 3.05) is 0 Å². The zero-order chi connectivity index (χ0) is 11.5. The highest BCUT2D eigenvalue weighted by Crippen LogP contribution is 2.58. The third-order valence-corrected chi connectivity index (χ3v) is 4.52. The summed E-state index contributed by atoms with van der Waals surface area (Å²) in [6.07, 6.45) is 4.93. The van der Waals surface area contributed by atoms with Crippen LogP contribution >= 0.6 is 0 Å². The molecule has 0 unspecified atom stereocenters. The standard InChI is InChI=1S/C14H18O2/c1-8(2)11-7-13-14(3,16-13)12-6-9(15)4-5-10(11)12/h6,10-11,13H,1,4-5,7H2,2-3H3/t10-,11-,13+,14-/m0/s1. The molecule has 3 rings (SSSR count). The molecule has 0 spiro atoms. The summed E-state index contributed by atoms with van der Waals surface area (Å²) in [6, 6.07) is 0. The van der Waals surface area contributed by atoms with Crippen molar-refractivity contribution < 1.29 is 9.53 Å². The van der Waals surface area contributed by atoms with Crippen molar-refractivity contribution in [3.05, 3.63) is 23.8 Å². The predicted molar refractivity (Wildman–Crippen MR) is 62.0 cm³/mol. The number of hydrogen-bond donors (Lipinski definition) is 0. The number of carbonyl (C=O) groups excluding carboxylic acids is 1. The molecule has 0 bridgehead atoms. The van der Waals surface area contributed by atoms with E-state index in [1.165, 1.54) is 11.1 Å². The van der Waals surface area contributed by atoms with Crippen molar-refractivity contribution in [1.29, 1.82) is 0 Å². The van der Waals surface area contributed by atoms with Crippen LogP contribution in [0.5, 0.6) is 0 Å². The van der Waals surface area contributed by atoms with E-state index in [4.69, 9.17) is 4.74 Å².